The van der Waals surface area contributed by atoms with Crippen LogP contribution in [0.2, 0.25) is 0 Å². The summed E-state index contributed by atoms with van der Waals surface area (Å²) < 4.78 is 6.86. The molecule has 2 N–H and O–H groups in total. The van der Waals surface area contributed by atoms with E-state index in [0.29, 0.717) is 0 Å². The Morgan fingerprint density at radius 1 is 1.29 bits per heavy atom. The quantitative estimate of drug-likeness (QED) is 0.802. The molecule has 1 aliphatic heterocycles. The highest BCUT2D eigenvalue weighted by molar-refractivity contribution is 9.10. The molecule has 0 aromatic heterocycles. The molecule has 17 heavy (non-hydrogen) atoms. The molecule has 2 aromatic rings. The summed E-state index contributed by atoms with van der Waals surface area (Å²) in [6, 6.07) is 10.5. The van der Waals surface area contributed by atoms with Crippen LogP contribution in [0.15, 0.2) is 34.8 Å². The Bertz CT molecular complexity index is 567. The largest absolute Gasteiger partial charge is 0.492 e. The third-order valence-electron chi connectivity index (χ3n) is 3.28. The van der Waals surface area contributed by atoms with Crippen LogP contribution in [0.25, 0.3) is 10.8 Å². The zero-order valence-corrected chi connectivity index (χ0v) is 11.0. The van der Waals surface area contributed by atoms with Crippen molar-refractivity contribution in [1.29, 1.82) is 0 Å². The minimum absolute atomic E-state index is 0.0772. The topological polar surface area (TPSA) is 35.2 Å². The van der Waals surface area contributed by atoms with E-state index in [1.165, 1.54) is 10.8 Å². The van der Waals surface area contributed by atoms with Crippen molar-refractivity contribution in [3.8, 4) is 5.75 Å². The third kappa shape index (κ3) is 1.83. The summed E-state index contributed by atoms with van der Waals surface area (Å²) >= 11 is 3.65. The lowest BCUT2D eigenvalue weighted by atomic mass is 9.99. The number of nitrogens with two attached hydrogens (primary N) is 1. The van der Waals surface area contributed by atoms with Gasteiger partial charge in [-0.25, -0.2) is 0 Å². The van der Waals surface area contributed by atoms with E-state index >= 15 is 0 Å². The predicted molar refractivity (Wildman–Crippen MR) is 73.3 cm³/mol. The Balaban J connectivity index is 2.31. The molecule has 0 fully saturated rings. The highest BCUT2D eigenvalue weighted by Crippen LogP contribution is 2.41. The van der Waals surface area contributed by atoms with Crippen LogP contribution in [0.3, 0.4) is 0 Å². The minimum atomic E-state index is 0.0772. The van der Waals surface area contributed by atoms with Crippen LogP contribution in [0, 0.1) is 0 Å². The van der Waals surface area contributed by atoms with Crippen molar-refractivity contribution in [2.75, 3.05) is 6.61 Å². The van der Waals surface area contributed by atoms with Gasteiger partial charge in [-0.05, 0) is 45.6 Å². The van der Waals surface area contributed by atoms with Gasteiger partial charge in [0.25, 0.3) is 0 Å². The molecule has 88 valence electrons. The molecule has 2 nitrogen and oxygen atoms in total. The average molecular weight is 292 g/mol. The molecule has 1 aliphatic rings. The number of hydrogen-bond acceptors (Lipinski definition) is 2. The first-order chi connectivity index (χ1) is 8.27. The van der Waals surface area contributed by atoms with Crippen LogP contribution in [0.4, 0.5) is 0 Å². The van der Waals surface area contributed by atoms with Crippen molar-refractivity contribution in [2.45, 2.75) is 18.9 Å². The standard InChI is InChI=1S/C14H14BrNO/c15-13-10-5-2-1-4-9(10)8-11-12(16)6-3-7-17-14(11)13/h1-2,4-5,8,12H,3,6-7,16H2. The van der Waals surface area contributed by atoms with E-state index in [1.807, 2.05) is 12.1 Å². The molecule has 2 aromatic carbocycles. The van der Waals surface area contributed by atoms with Gasteiger partial charge >= 0.3 is 0 Å². The smallest absolute Gasteiger partial charge is 0.138 e. The van der Waals surface area contributed by atoms with Gasteiger partial charge in [0.2, 0.25) is 0 Å². The fourth-order valence-electron chi connectivity index (χ4n) is 2.36. The summed E-state index contributed by atoms with van der Waals surface area (Å²) in [6.45, 7) is 0.748. The van der Waals surface area contributed by atoms with Crippen LogP contribution in [-0.4, -0.2) is 6.61 Å². The van der Waals surface area contributed by atoms with Gasteiger partial charge in [0.15, 0.2) is 0 Å². The second kappa shape index (κ2) is 4.31. The van der Waals surface area contributed by atoms with Crippen LogP contribution in [0.5, 0.6) is 5.75 Å². The lowest BCUT2D eigenvalue weighted by Crippen LogP contribution is -2.09. The number of halogens is 1. The fourth-order valence-corrected chi connectivity index (χ4v) is 3.06. The van der Waals surface area contributed by atoms with Gasteiger partial charge in [0, 0.05) is 11.6 Å². The molecular formula is C14H14BrNO. The molecule has 0 spiro atoms. The Morgan fingerprint density at radius 2 is 2.12 bits per heavy atom. The molecular weight excluding hydrogens is 278 g/mol. The van der Waals surface area contributed by atoms with Gasteiger partial charge in [-0.1, -0.05) is 24.3 Å². The Morgan fingerprint density at radius 3 is 3.00 bits per heavy atom. The first kappa shape index (κ1) is 11.1. The van der Waals surface area contributed by atoms with E-state index in [4.69, 9.17) is 10.5 Å². The van der Waals surface area contributed by atoms with Crippen LogP contribution in [0.1, 0.15) is 24.4 Å². The van der Waals surface area contributed by atoms with Gasteiger partial charge in [-0.3, -0.25) is 0 Å². The first-order valence-electron chi connectivity index (χ1n) is 5.87. The van der Waals surface area contributed by atoms with E-state index in [-0.39, 0.29) is 6.04 Å². The Hall–Kier alpha value is -1.06. The molecule has 3 rings (SSSR count). The molecule has 0 amide bonds. The highest BCUT2D eigenvalue weighted by Gasteiger charge is 2.20. The zero-order valence-electron chi connectivity index (χ0n) is 9.45. The monoisotopic (exact) mass is 291 g/mol. The van der Waals surface area contributed by atoms with Crippen molar-refractivity contribution in [2.24, 2.45) is 5.73 Å². The summed E-state index contributed by atoms with van der Waals surface area (Å²) in [7, 11) is 0. The van der Waals surface area contributed by atoms with E-state index < -0.39 is 0 Å². The van der Waals surface area contributed by atoms with Crippen molar-refractivity contribution < 1.29 is 4.74 Å². The number of benzene rings is 2. The number of hydrogen-bond donors (Lipinski definition) is 1. The van der Waals surface area contributed by atoms with Crippen molar-refractivity contribution >= 4 is 26.7 Å². The van der Waals surface area contributed by atoms with Crippen LogP contribution >= 0.6 is 15.9 Å². The van der Waals surface area contributed by atoms with Crippen molar-refractivity contribution in [3.05, 3.63) is 40.4 Å². The van der Waals surface area contributed by atoms with Gasteiger partial charge in [-0.15, -0.1) is 0 Å². The second-order valence-electron chi connectivity index (χ2n) is 4.43. The maximum Gasteiger partial charge on any atom is 0.138 e. The van der Waals surface area contributed by atoms with Gasteiger partial charge in [-0.2, -0.15) is 0 Å². The zero-order chi connectivity index (χ0) is 11.8. The lowest BCUT2D eigenvalue weighted by molar-refractivity contribution is 0.315. The molecule has 1 atom stereocenters. The summed E-state index contributed by atoms with van der Waals surface area (Å²) in [5.41, 5.74) is 7.32. The number of rotatable bonds is 0. The van der Waals surface area contributed by atoms with Crippen LogP contribution < -0.4 is 10.5 Å². The van der Waals surface area contributed by atoms with Crippen molar-refractivity contribution in [1.82, 2.24) is 0 Å². The summed E-state index contributed by atoms with van der Waals surface area (Å²) in [6.07, 6.45) is 2.00. The second-order valence-corrected chi connectivity index (χ2v) is 5.22. The summed E-state index contributed by atoms with van der Waals surface area (Å²) in [4.78, 5) is 0. The molecule has 0 bridgehead atoms. The highest BCUT2D eigenvalue weighted by atomic mass is 79.9. The molecule has 0 radical (unpaired) electrons. The Kier molecular flexibility index (Phi) is 2.81. The summed E-state index contributed by atoms with van der Waals surface area (Å²) in [5.74, 6) is 0.925. The lowest BCUT2D eigenvalue weighted by Gasteiger charge is -2.15. The SMILES string of the molecule is NC1CCCOc2c1cc1ccccc1c2Br. The van der Waals surface area contributed by atoms with Gasteiger partial charge in [0.05, 0.1) is 11.1 Å². The molecule has 1 heterocycles. The predicted octanol–water partition coefficient (Wildman–Crippen LogP) is 3.77. The third-order valence-corrected chi connectivity index (χ3v) is 4.06. The molecule has 0 aliphatic carbocycles. The van der Waals surface area contributed by atoms with Crippen LogP contribution in [-0.2, 0) is 0 Å². The minimum Gasteiger partial charge on any atom is -0.492 e. The number of fused-ring (bicyclic) bond motifs is 2. The number of ether oxygens (including phenoxy) is 1. The fraction of sp³-hybridized carbons (Fsp3) is 0.286. The summed E-state index contributed by atoms with van der Waals surface area (Å²) in [5, 5.41) is 2.39. The van der Waals surface area contributed by atoms with E-state index in [2.05, 4.69) is 34.1 Å². The van der Waals surface area contributed by atoms with Gasteiger partial charge < -0.3 is 10.5 Å². The van der Waals surface area contributed by atoms with E-state index in [0.717, 1.165) is 35.2 Å². The van der Waals surface area contributed by atoms with E-state index in [1.54, 1.807) is 0 Å². The normalized spacial score (nSPS) is 19.5. The average Bonchev–Trinajstić information content (AvgIpc) is 2.53. The molecule has 0 saturated carbocycles. The van der Waals surface area contributed by atoms with Gasteiger partial charge in [0.1, 0.15) is 5.75 Å². The van der Waals surface area contributed by atoms with E-state index in [9.17, 15) is 0 Å². The molecule has 3 heteroatoms. The first-order valence-corrected chi connectivity index (χ1v) is 6.66. The van der Waals surface area contributed by atoms with Crippen molar-refractivity contribution in [3.63, 3.8) is 0 Å². The Labute approximate surface area is 109 Å². The maximum atomic E-state index is 6.21. The maximum absolute atomic E-state index is 6.21. The molecule has 1 unspecified atom stereocenters. The molecule has 0 saturated heterocycles.